The minimum atomic E-state index is -2.59. The van der Waals surface area contributed by atoms with E-state index in [-0.39, 0.29) is 16.8 Å². The Balaban J connectivity index is 2.18. The van der Waals surface area contributed by atoms with E-state index >= 15 is 0 Å². The Morgan fingerprint density at radius 2 is 1.92 bits per heavy atom. The van der Waals surface area contributed by atoms with Crippen LogP contribution in [0.5, 0.6) is 0 Å². The van der Waals surface area contributed by atoms with Crippen LogP contribution in [0.3, 0.4) is 0 Å². The van der Waals surface area contributed by atoms with Crippen molar-refractivity contribution in [1.29, 1.82) is 0 Å². The summed E-state index contributed by atoms with van der Waals surface area (Å²) < 4.78 is 27.8. The predicted octanol–water partition coefficient (Wildman–Crippen LogP) is 1.67. The molecule has 0 aliphatic heterocycles. The lowest BCUT2D eigenvalue weighted by Crippen LogP contribution is -2.30. The lowest BCUT2D eigenvalue weighted by molar-refractivity contribution is 0.0998. The third kappa shape index (κ3) is 3.16. The standard InChI is InChI=1S/C16H13F2N5O2/c1-22-8-11(7-20-22)23-16(25)12(15(19)24)6-13(21-23)9-2-4-10(5-3-9)14(17)18/h2-8,14H,1H3,(H2,19,24). The van der Waals surface area contributed by atoms with E-state index in [1.807, 2.05) is 0 Å². The number of nitrogens with zero attached hydrogens (tertiary/aromatic N) is 4. The molecule has 0 spiro atoms. The zero-order chi connectivity index (χ0) is 18.1. The van der Waals surface area contributed by atoms with Crippen LogP contribution in [0.1, 0.15) is 22.3 Å². The minimum absolute atomic E-state index is 0.139. The van der Waals surface area contributed by atoms with Crippen LogP contribution in [-0.4, -0.2) is 25.5 Å². The molecule has 0 aliphatic rings. The van der Waals surface area contributed by atoms with Crippen molar-refractivity contribution < 1.29 is 13.6 Å². The summed E-state index contributed by atoms with van der Waals surface area (Å²) in [6.07, 6.45) is 0.360. The first kappa shape index (κ1) is 16.5. The van der Waals surface area contributed by atoms with Crippen molar-refractivity contribution in [1.82, 2.24) is 19.6 Å². The van der Waals surface area contributed by atoms with Gasteiger partial charge < -0.3 is 5.73 Å². The van der Waals surface area contributed by atoms with Gasteiger partial charge in [-0.15, -0.1) is 0 Å². The summed E-state index contributed by atoms with van der Waals surface area (Å²) in [5.41, 5.74) is 5.25. The van der Waals surface area contributed by atoms with Crippen LogP contribution in [0, 0.1) is 0 Å². The molecule has 2 aromatic heterocycles. The summed E-state index contributed by atoms with van der Waals surface area (Å²) in [6.45, 7) is 0. The van der Waals surface area contributed by atoms with E-state index in [2.05, 4.69) is 10.2 Å². The van der Waals surface area contributed by atoms with Gasteiger partial charge in [0.15, 0.2) is 0 Å². The number of carbonyl (C=O) groups is 1. The van der Waals surface area contributed by atoms with Crippen LogP contribution in [0.15, 0.2) is 47.5 Å². The van der Waals surface area contributed by atoms with Crippen molar-refractivity contribution in [2.24, 2.45) is 12.8 Å². The molecular weight excluding hydrogens is 332 g/mol. The van der Waals surface area contributed by atoms with E-state index in [1.54, 1.807) is 13.2 Å². The average Bonchev–Trinajstić information content (AvgIpc) is 3.01. The first-order chi connectivity index (χ1) is 11.9. The molecule has 7 nitrogen and oxygen atoms in total. The molecule has 2 N–H and O–H groups in total. The topological polar surface area (TPSA) is 95.8 Å². The number of carbonyl (C=O) groups excluding carboxylic acids is 1. The average molecular weight is 345 g/mol. The second-order valence-electron chi connectivity index (χ2n) is 5.32. The van der Waals surface area contributed by atoms with E-state index in [1.165, 1.54) is 41.2 Å². The maximum Gasteiger partial charge on any atom is 0.284 e. The predicted molar refractivity (Wildman–Crippen MR) is 85.5 cm³/mol. The highest BCUT2D eigenvalue weighted by Gasteiger charge is 2.16. The summed E-state index contributed by atoms with van der Waals surface area (Å²) in [4.78, 5) is 24.0. The Labute approximate surface area is 140 Å². The van der Waals surface area contributed by atoms with Crippen molar-refractivity contribution in [2.45, 2.75) is 6.43 Å². The highest BCUT2D eigenvalue weighted by molar-refractivity contribution is 5.93. The van der Waals surface area contributed by atoms with E-state index < -0.39 is 17.9 Å². The smallest absolute Gasteiger partial charge is 0.284 e. The maximum atomic E-state index is 12.7. The largest absolute Gasteiger partial charge is 0.365 e. The van der Waals surface area contributed by atoms with Gasteiger partial charge in [0.25, 0.3) is 17.9 Å². The zero-order valence-corrected chi connectivity index (χ0v) is 13.1. The first-order valence-electron chi connectivity index (χ1n) is 7.18. The molecule has 0 bridgehead atoms. The maximum absolute atomic E-state index is 12.7. The van der Waals surface area contributed by atoms with Crippen LogP contribution in [0.25, 0.3) is 16.9 Å². The van der Waals surface area contributed by atoms with Crippen molar-refractivity contribution in [2.75, 3.05) is 0 Å². The lowest BCUT2D eigenvalue weighted by atomic mass is 10.1. The number of benzene rings is 1. The van der Waals surface area contributed by atoms with E-state index in [9.17, 15) is 18.4 Å². The first-order valence-corrected chi connectivity index (χ1v) is 7.18. The highest BCUT2D eigenvalue weighted by atomic mass is 19.3. The van der Waals surface area contributed by atoms with Gasteiger partial charge >= 0.3 is 0 Å². The van der Waals surface area contributed by atoms with Gasteiger partial charge in [-0.3, -0.25) is 14.3 Å². The Morgan fingerprint density at radius 1 is 1.24 bits per heavy atom. The molecule has 25 heavy (non-hydrogen) atoms. The Bertz CT molecular complexity index is 993. The Kier molecular flexibility index (Phi) is 4.14. The molecule has 0 fully saturated rings. The van der Waals surface area contributed by atoms with Gasteiger partial charge in [0.1, 0.15) is 11.3 Å². The fourth-order valence-electron chi connectivity index (χ4n) is 2.30. The minimum Gasteiger partial charge on any atom is -0.365 e. The number of nitrogens with two attached hydrogens (primary N) is 1. The molecule has 2 heterocycles. The molecule has 0 unspecified atom stereocenters. The summed E-state index contributed by atoms with van der Waals surface area (Å²) >= 11 is 0. The third-order valence-corrected chi connectivity index (χ3v) is 3.57. The number of aromatic nitrogens is 4. The van der Waals surface area contributed by atoms with Crippen molar-refractivity contribution in [3.05, 3.63) is 64.2 Å². The van der Waals surface area contributed by atoms with Crippen LogP contribution in [-0.2, 0) is 7.05 Å². The van der Waals surface area contributed by atoms with Gasteiger partial charge in [-0.25, -0.2) is 8.78 Å². The van der Waals surface area contributed by atoms with Crippen molar-refractivity contribution >= 4 is 5.91 Å². The number of hydrogen-bond donors (Lipinski definition) is 1. The number of alkyl halides is 2. The van der Waals surface area contributed by atoms with Gasteiger partial charge in [-0.05, 0) is 6.07 Å². The highest BCUT2D eigenvalue weighted by Crippen LogP contribution is 2.23. The lowest BCUT2D eigenvalue weighted by Gasteiger charge is -2.08. The Hall–Kier alpha value is -3.36. The van der Waals surface area contributed by atoms with E-state index in [4.69, 9.17) is 5.73 Å². The summed E-state index contributed by atoms with van der Waals surface area (Å²) in [5, 5.41) is 8.16. The van der Waals surface area contributed by atoms with E-state index in [0.717, 1.165) is 4.68 Å². The molecule has 1 aromatic carbocycles. The number of primary amides is 1. The molecule has 0 radical (unpaired) electrons. The molecule has 3 aromatic rings. The van der Waals surface area contributed by atoms with E-state index in [0.29, 0.717) is 11.3 Å². The molecule has 128 valence electrons. The van der Waals surface area contributed by atoms with Gasteiger partial charge in [-0.1, -0.05) is 24.3 Å². The van der Waals surface area contributed by atoms with Gasteiger partial charge in [0.05, 0.1) is 18.1 Å². The third-order valence-electron chi connectivity index (χ3n) is 3.57. The number of hydrogen-bond acceptors (Lipinski definition) is 4. The molecule has 0 saturated carbocycles. The Morgan fingerprint density at radius 3 is 2.44 bits per heavy atom. The molecule has 9 heteroatoms. The quantitative estimate of drug-likeness (QED) is 0.778. The van der Waals surface area contributed by atoms with Gasteiger partial charge in [0.2, 0.25) is 0 Å². The van der Waals surface area contributed by atoms with Gasteiger partial charge in [0, 0.05) is 18.2 Å². The summed E-state index contributed by atoms with van der Waals surface area (Å²) in [5.74, 6) is -0.907. The van der Waals surface area contributed by atoms with Crippen LogP contribution >= 0.6 is 0 Å². The van der Waals surface area contributed by atoms with Crippen LogP contribution in [0.2, 0.25) is 0 Å². The number of aryl methyl sites for hydroxylation is 1. The van der Waals surface area contributed by atoms with Crippen molar-refractivity contribution in [3.8, 4) is 16.9 Å². The molecule has 1 amide bonds. The molecule has 0 atom stereocenters. The normalized spacial score (nSPS) is 11.0. The number of rotatable bonds is 4. The zero-order valence-electron chi connectivity index (χ0n) is 13.1. The molecule has 0 saturated heterocycles. The summed E-state index contributed by atoms with van der Waals surface area (Å²) in [7, 11) is 1.66. The fraction of sp³-hybridized carbons (Fsp3) is 0.125. The monoisotopic (exact) mass is 345 g/mol. The van der Waals surface area contributed by atoms with Crippen LogP contribution < -0.4 is 11.3 Å². The van der Waals surface area contributed by atoms with Gasteiger partial charge in [-0.2, -0.15) is 14.9 Å². The molecule has 3 rings (SSSR count). The number of amides is 1. The molecular formula is C16H13F2N5O2. The molecule has 0 aliphatic carbocycles. The number of halogens is 2. The second-order valence-corrected chi connectivity index (χ2v) is 5.32. The SMILES string of the molecule is Cn1cc(-n2nc(-c3ccc(C(F)F)cc3)cc(C(N)=O)c2=O)cn1. The van der Waals surface area contributed by atoms with Crippen LogP contribution in [0.4, 0.5) is 8.78 Å². The second kappa shape index (κ2) is 6.27. The fourth-order valence-corrected chi connectivity index (χ4v) is 2.30. The van der Waals surface area contributed by atoms with Crippen molar-refractivity contribution in [3.63, 3.8) is 0 Å². The summed E-state index contributed by atoms with van der Waals surface area (Å²) in [6, 6.07) is 6.63.